The molecule has 3 nitrogen and oxygen atoms in total. The molecule has 1 atom stereocenters. The molecule has 1 aromatic rings. The van der Waals surface area contributed by atoms with E-state index >= 15 is 0 Å². The third kappa shape index (κ3) is 2.51. The number of carbonyl (C=O) groups excluding carboxylic acids is 1. The highest BCUT2D eigenvalue weighted by atomic mass is 35.5. The minimum absolute atomic E-state index is 0.0103. The summed E-state index contributed by atoms with van der Waals surface area (Å²) in [5.74, 6) is -0.543. The van der Waals surface area contributed by atoms with Gasteiger partial charge in [0.2, 0.25) is 5.91 Å². The highest BCUT2D eigenvalue weighted by Crippen LogP contribution is 2.20. The monoisotopic (exact) mass is 242 g/mol. The van der Waals surface area contributed by atoms with Gasteiger partial charge >= 0.3 is 0 Å². The summed E-state index contributed by atoms with van der Waals surface area (Å²) in [6.07, 6.45) is 0.834. The molecule has 1 unspecified atom stereocenters. The van der Waals surface area contributed by atoms with E-state index in [1.165, 1.54) is 18.2 Å². The first kappa shape index (κ1) is 11.4. The van der Waals surface area contributed by atoms with Gasteiger partial charge in [-0.3, -0.25) is 4.79 Å². The van der Waals surface area contributed by atoms with Crippen molar-refractivity contribution in [3.8, 4) is 0 Å². The molecule has 16 heavy (non-hydrogen) atoms. The van der Waals surface area contributed by atoms with Gasteiger partial charge in [-0.1, -0.05) is 11.6 Å². The highest BCUT2D eigenvalue weighted by Gasteiger charge is 2.22. The molecular formula is C11H12ClFN2O. The second-order valence-electron chi connectivity index (χ2n) is 3.81. The Bertz CT molecular complexity index is 405. The van der Waals surface area contributed by atoms with Gasteiger partial charge in [0.25, 0.3) is 0 Å². The molecule has 1 aliphatic heterocycles. The molecule has 0 bridgehead atoms. The van der Waals surface area contributed by atoms with E-state index in [0.717, 1.165) is 13.0 Å². The number of halogens is 2. The largest absolute Gasteiger partial charge is 0.326 e. The first-order valence-electron chi connectivity index (χ1n) is 5.13. The first-order valence-corrected chi connectivity index (χ1v) is 5.51. The predicted molar refractivity (Wildman–Crippen MR) is 61.0 cm³/mol. The number of anilines is 1. The van der Waals surface area contributed by atoms with Crippen LogP contribution in [0.1, 0.15) is 6.42 Å². The van der Waals surface area contributed by atoms with Crippen molar-refractivity contribution in [2.24, 2.45) is 5.92 Å². The van der Waals surface area contributed by atoms with Gasteiger partial charge in [0.1, 0.15) is 5.82 Å². The number of rotatable bonds is 2. The second kappa shape index (κ2) is 4.80. The van der Waals surface area contributed by atoms with Gasteiger partial charge < -0.3 is 10.6 Å². The minimum atomic E-state index is -0.484. The smallest absolute Gasteiger partial charge is 0.228 e. The standard InChI is InChI=1S/C11H12ClFN2O/c12-9-5-8(1-2-10(9)13)15-11(16)7-3-4-14-6-7/h1-2,5,7,14H,3-4,6H2,(H,15,16). The molecule has 2 N–H and O–H groups in total. The lowest BCUT2D eigenvalue weighted by atomic mass is 10.1. The quantitative estimate of drug-likeness (QED) is 0.833. The van der Waals surface area contributed by atoms with E-state index in [0.29, 0.717) is 12.2 Å². The van der Waals surface area contributed by atoms with E-state index in [1.54, 1.807) is 0 Å². The summed E-state index contributed by atoms with van der Waals surface area (Å²) < 4.78 is 12.9. The average Bonchev–Trinajstić information content (AvgIpc) is 2.77. The fourth-order valence-electron chi connectivity index (χ4n) is 1.70. The van der Waals surface area contributed by atoms with Crippen LogP contribution in [-0.2, 0) is 4.79 Å². The fraction of sp³-hybridized carbons (Fsp3) is 0.364. The summed E-state index contributed by atoms with van der Waals surface area (Å²) in [4.78, 5) is 11.7. The van der Waals surface area contributed by atoms with Gasteiger partial charge in [0.15, 0.2) is 0 Å². The molecule has 0 saturated carbocycles. The number of hydrogen-bond acceptors (Lipinski definition) is 2. The van der Waals surface area contributed by atoms with Crippen molar-refractivity contribution in [3.05, 3.63) is 29.0 Å². The van der Waals surface area contributed by atoms with Crippen molar-refractivity contribution >= 4 is 23.2 Å². The van der Waals surface area contributed by atoms with Gasteiger partial charge in [-0.15, -0.1) is 0 Å². The maximum absolute atomic E-state index is 12.9. The molecule has 0 spiro atoms. The lowest BCUT2D eigenvalue weighted by molar-refractivity contribution is -0.119. The number of hydrogen-bond donors (Lipinski definition) is 2. The molecule has 86 valence electrons. The van der Waals surface area contributed by atoms with Crippen LogP contribution in [0.15, 0.2) is 18.2 Å². The topological polar surface area (TPSA) is 41.1 Å². The van der Waals surface area contributed by atoms with E-state index < -0.39 is 5.82 Å². The van der Waals surface area contributed by atoms with Crippen LogP contribution in [0.2, 0.25) is 5.02 Å². The number of benzene rings is 1. The summed E-state index contributed by atoms with van der Waals surface area (Å²) >= 11 is 5.62. The zero-order valence-electron chi connectivity index (χ0n) is 8.59. The number of amides is 1. The van der Waals surface area contributed by atoms with Crippen molar-refractivity contribution in [1.29, 1.82) is 0 Å². The Hall–Kier alpha value is -1.13. The van der Waals surface area contributed by atoms with E-state index in [-0.39, 0.29) is 16.8 Å². The van der Waals surface area contributed by atoms with Crippen molar-refractivity contribution in [2.75, 3.05) is 18.4 Å². The molecule has 1 saturated heterocycles. The van der Waals surface area contributed by atoms with Crippen LogP contribution in [0, 0.1) is 11.7 Å². The summed E-state index contributed by atoms with van der Waals surface area (Å²) in [5.41, 5.74) is 0.531. The van der Waals surface area contributed by atoms with Gasteiger partial charge in [-0.05, 0) is 31.2 Å². The van der Waals surface area contributed by atoms with E-state index in [9.17, 15) is 9.18 Å². The van der Waals surface area contributed by atoms with Crippen LogP contribution in [0.25, 0.3) is 0 Å². The molecule has 0 aliphatic carbocycles. The SMILES string of the molecule is O=C(Nc1ccc(F)c(Cl)c1)C1CCNC1. The second-order valence-corrected chi connectivity index (χ2v) is 4.22. The maximum atomic E-state index is 12.9. The zero-order valence-corrected chi connectivity index (χ0v) is 9.35. The van der Waals surface area contributed by atoms with Crippen molar-refractivity contribution < 1.29 is 9.18 Å². The fourth-order valence-corrected chi connectivity index (χ4v) is 1.88. The van der Waals surface area contributed by atoms with Crippen molar-refractivity contribution in [1.82, 2.24) is 5.32 Å². The number of nitrogens with one attached hydrogen (secondary N) is 2. The van der Waals surface area contributed by atoms with Crippen molar-refractivity contribution in [2.45, 2.75) is 6.42 Å². The normalized spacial score (nSPS) is 19.8. The van der Waals surface area contributed by atoms with Crippen LogP contribution in [0.4, 0.5) is 10.1 Å². The Morgan fingerprint density at radius 1 is 1.56 bits per heavy atom. The zero-order chi connectivity index (χ0) is 11.5. The third-order valence-corrected chi connectivity index (χ3v) is 2.91. The maximum Gasteiger partial charge on any atom is 0.228 e. The Labute approximate surface area is 98.0 Å². The van der Waals surface area contributed by atoms with E-state index in [4.69, 9.17) is 11.6 Å². The molecule has 1 fully saturated rings. The summed E-state index contributed by atoms with van der Waals surface area (Å²) in [5, 5.41) is 5.85. The summed E-state index contributed by atoms with van der Waals surface area (Å²) in [7, 11) is 0. The summed E-state index contributed by atoms with van der Waals surface area (Å²) in [6, 6.07) is 4.16. The Kier molecular flexibility index (Phi) is 3.41. The first-order chi connectivity index (χ1) is 7.66. The van der Waals surface area contributed by atoms with Crippen LogP contribution < -0.4 is 10.6 Å². The molecule has 1 aliphatic rings. The molecule has 2 rings (SSSR count). The molecule has 1 heterocycles. The highest BCUT2D eigenvalue weighted by molar-refractivity contribution is 6.31. The van der Waals surface area contributed by atoms with Gasteiger partial charge in [-0.2, -0.15) is 0 Å². The van der Waals surface area contributed by atoms with Gasteiger partial charge in [-0.25, -0.2) is 4.39 Å². The lowest BCUT2D eigenvalue weighted by Gasteiger charge is -2.10. The van der Waals surface area contributed by atoms with Crippen LogP contribution in [0.5, 0.6) is 0 Å². The Morgan fingerprint density at radius 2 is 2.38 bits per heavy atom. The van der Waals surface area contributed by atoms with Gasteiger partial charge in [0.05, 0.1) is 10.9 Å². The third-order valence-electron chi connectivity index (χ3n) is 2.62. The molecular weight excluding hydrogens is 231 g/mol. The van der Waals surface area contributed by atoms with Crippen LogP contribution in [0.3, 0.4) is 0 Å². The van der Waals surface area contributed by atoms with Gasteiger partial charge in [0, 0.05) is 12.2 Å². The predicted octanol–water partition coefficient (Wildman–Crippen LogP) is 2.03. The number of carbonyl (C=O) groups is 1. The minimum Gasteiger partial charge on any atom is -0.326 e. The summed E-state index contributed by atoms with van der Waals surface area (Å²) in [6.45, 7) is 1.56. The molecule has 1 amide bonds. The van der Waals surface area contributed by atoms with E-state index in [1.807, 2.05) is 0 Å². The van der Waals surface area contributed by atoms with E-state index in [2.05, 4.69) is 10.6 Å². The molecule has 1 aromatic carbocycles. The van der Waals surface area contributed by atoms with Crippen LogP contribution in [-0.4, -0.2) is 19.0 Å². The van der Waals surface area contributed by atoms with Crippen molar-refractivity contribution in [3.63, 3.8) is 0 Å². The molecule has 5 heteroatoms. The van der Waals surface area contributed by atoms with Crippen LogP contribution >= 0.6 is 11.6 Å². The molecule has 0 aromatic heterocycles. The average molecular weight is 243 g/mol. The Balaban J connectivity index is 2.02. The lowest BCUT2D eigenvalue weighted by Crippen LogP contribution is -2.24. The Morgan fingerprint density at radius 3 is 3.00 bits per heavy atom. The molecule has 0 radical (unpaired) electrons.